The highest BCUT2D eigenvalue weighted by Crippen LogP contribution is 2.24. The molecular weight excluding hydrogens is 308 g/mol. The second kappa shape index (κ2) is 5.23. The maximum absolute atomic E-state index is 12.4. The van der Waals surface area contributed by atoms with E-state index in [1.165, 1.54) is 0 Å². The first-order chi connectivity index (χ1) is 11.5. The summed E-state index contributed by atoms with van der Waals surface area (Å²) >= 11 is 0. The predicted octanol–water partition coefficient (Wildman–Crippen LogP) is 2.32. The number of hydrogen-bond acceptors (Lipinski definition) is 4. The van der Waals surface area contributed by atoms with E-state index in [2.05, 4.69) is 15.8 Å². The van der Waals surface area contributed by atoms with Crippen LogP contribution in [0.1, 0.15) is 33.5 Å². The molecule has 0 saturated heterocycles. The molecule has 2 aromatic heterocycles. The zero-order valence-corrected chi connectivity index (χ0v) is 13.3. The molecular formula is C17H16N4O3. The highest BCUT2D eigenvalue weighted by atomic mass is 16.5. The van der Waals surface area contributed by atoms with Crippen LogP contribution >= 0.6 is 0 Å². The van der Waals surface area contributed by atoms with Crippen molar-refractivity contribution in [3.05, 3.63) is 47.3 Å². The second-order valence-electron chi connectivity index (χ2n) is 6.07. The maximum atomic E-state index is 12.4. The van der Waals surface area contributed by atoms with Crippen LogP contribution < -0.4 is 10.6 Å². The second-order valence-corrected chi connectivity index (χ2v) is 6.07. The number of carbonyl (C=O) groups is 2. The molecule has 0 aliphatic carbocycles. The topological polar surface area (TPSA) is 89.2 Å². The molecule has 7 heteroatoms. The quantitative estimate of drug-likeness (QED) is 0.757. The number of aromatic nitrogens is 2. The number of carbonyl (C=O) groups excluding carboxylic acids is 2. The normalized spacial score (nSPS) is 16.8. The summed E-state index contributed by atoms with van der Waals surface area (Å²) in [5, 5.41) is 10.3. The molecule has 0 fully saturated rings. The van der Waals surface area contributed by atoms with Gasteiger partial charge in [-0.15, -0.1) is 0 Å². The Bertz CT molecular complexity index is 970. The SMILES string of the molecule is Cc1cc(NC(=O)c2ccc3cc4n(c3c2)CC(C)NC4=O)no1. The Hall–Kier alpha value is -3.09. The van der Waals surface area contributed by atoms with Gasteiger partial charge in [0.1, 0.15) is 11.5 Å². The summed E-state index contributed by atoms with van der Waals surface area (Å²) in [4.78, 5) is 24.5. The van der Waals surface area contributed by atoms with Gasteiger partial charge in [0.2, 0.25) is 0 Å². The predicted molar refractivity (Wildman–Crippen MR) is 88.1 cm³/mol. The molecule has 7 nitrogen and oxygen atoms in total. The Balaban J connectivity index is 1.71. The first-order valence-electron chi connectivity index (χ1n) is 7.70. The average molecular weight is 324 g/mol. The number of rotatable bonds is 2. The molecule has 1 aliphatic heterocycles. The molecule has 2 amide bonds. The highest BCUT2D eigenvalue weighted by molar-refractivity contribution is 6.07. The van der Waals surface area contributed by atoms with Crippen molar-refractivity contribution in [3.8, 4) is 0 Å². The van der Waals surface area contributed by atoms with Gasteiger partial charge in [-0.2, -0.15) is 0 Å². The van der Waals surface area contributed by atoms with Crippen molar-refractivity contribution < 1.29 is 14.1 Å². The third-order valence-electron chi connectivity index (χ3n) is 4.10. The zero-order chi connectivity index (χ0) is 16.8. The van der Waals surface area contributed by atoms with E-state index in [0.29, 0.717) is 29.4 Å². The van der Waals surface area contributed by atoms with Crippen LogP contribution in [0.25, 0.3) is 10.9 Å². The number of aryl methyl sites for hydroxylation is 1. The molecule has 0 saturated carbocycles. The fourth-order valence-corrected chi connectivity index (χ4v) is 3.01. The van der Waals surface area contributed by atoms with Gasteiger partial charge in [0, 0.05) is 35.1 Å². The van der Waals surface area contributed by atoms with Crippen LogP contribution in [0.5, 0.6) is 0 Å². The van der Waals surface area contributed by atoms with Crippen LogP contribution in [0.4, 0.5) is 5.82 Å². The van der Waals surface area contributed by atoms with Gasteiger partial charge in [-0.1, -0.05) is 11.2 Å². The molecule has 4 rings (SSSR count). The molecule has 0 bridgehead atoms. The number of fused-ring (bicyclic) bond motifs is 3. The van der Waals surface area contributed by atoms with Gasteiger partial charge in [-0.05, 0) is 32.0 Å². The Morgan fingerprint density at radius 1 is 1.38 bits per heavy atom. The number of anilines is 1. The minimum Gasteiger partial charge on any atom is -0.360 e. The first-order valence-corrected chi connectivity index (χ1v) is 7.70. The lowest BCUT2D eigenvalue weighted by atomic mass is 10.1. The number of nitrogens with one attached hydrogen (secondary N) is 2. The summed E-state index contributed by atoms with van der Waals surface area (Å²) in [7, 11) is 0. The summed E-state index contributed by atoms with van der Waals surface area (Å²) in [6.07, 6.45) is 0. The van der Waals surface area contributed by atoms with E-state index in [4.69, 9.17) is 4.52 Å². The molecule has 1 atom stereocenters. The number of hydrogen-bond donors (Lipinski definition) is 2. The average Bonchev–Trinajstić information content (AvgIpc) is 3.10. The summed E-state index contributed by atoms with van der Waals surface area (Å²) in [5.74, 6) is 0.646. The number of nitrogens with zero attached hydrogens (tertiary/aromatic N) is 2. The van der Waals surface area contributed by atoms with Gasteiger partial charge in [0.15, 0.2) is 5.82 Å². The first kappa shape index (κ1) is 14.5. The van der Waals surface area contributed by atoms with Crippen molar-refractivity contribution in [2.75, 3.05) is 5.32 Å². The fourth-order valence-electron chi connectivity index (χ4n) is 3.01. The molecule has 122 valence electrons. The van der Waals surface area contributed by atoms with Crippen LogP contribution in [0.2, 0.25) is 0 Å². The van der Waals surface area contributed by atoms with Crippen LogP contribution in [0.15, 0.2) is 34.9 Å². The van der Waals surface area contributed by atoms with E-state index in [0.717, 1.165) is 10.9 Å². The molecule has 24 heavy (non-hydrogen) atoms. The summed E-state index contributed by atoms with van der Waals surface area (Å²) < 4.78 is 6.90. The fraction of sp³-hybridized carbons (Fsp3) is 0.235. The Morgan fingerprint density at radius 2 is 2.21 bits per heavy atom. The summed E-state index contributed by atoms with van der Waals surface area (Å²) in [6.45, 7) is 4.39. The maximum Gasteiger partial charge on any atom is 0.268 e. The minimum absolute atomic E-state index is 0.0520. The standard InChI is InChI=1S/C17H16N4O3/c1-9-8-21-13-7-12(16(22)19-15-5-10(2)24-20-15)4-3-11(13)6-14(21)17(23)18-9/h3-7,9H,8H2,1-2H3,(H,18,23)(H,19,20,22). The van der Waals surface area contributed by atoms with E-state index in [-0.39, 0.29) is 17.9 Å². The van der Waals surface area contributed by atoms with E-state index in [1.807, 2.05) is 23.6 Å². The molecule has 0 spiro atoms. The van der Waals surface area contributed by atoms with Crippen molar-refractivity contribution in [1.29, 1.82) is 0 Å². The van der Waals surface area contributed by atoms with Gasteiger partial charge >= 0.3 is 0 Å². The monoisotopic (exact) mass is 324 g/mol. The third kappa shape index (κ3) is 2.34. The molecule has 3 aromatic rings. The van der Waals surface area contributed by atoms with Crippen LogP contribution in [-0.4, -0.2) is 27.6 Å². The summed E-state index contributed by atoms with van der Waals surface area (Å²) in [6, 6.07) is 8.93. The number of benzene rings is 1. The summed E-state index contributed by atoms with van der Waals surface area (Å²) in [5.41, 5.74) is 1.99. The lowest BCUT2D eigenvalue weighted by Crippen LogP contribution is -2.42. The van der Waals surface area contributed by atoms with Gasteiger partial charge in [0.25, 0.3) is 11.8 Å². The Labute approximate surface area is 137 Å². The lowest BCUT2D eigenvalue weighted by Gasteiger charge is -2.23. The van der Waals surface area contributed by atoms with E-state index in [1.54, 1.807) is 25.1 Å². The molecule has 1 aliphatic rings. The minimum atomic E-state index is -0.269. The van der Waals surface area contributed by atoms with Gasteiger partial charge in [-0.25, -0.2) is 0 Å². The van der Waals surface area contributed by atoms with Crippen molar-refractivity contribution in [2.24, 2.45) is 0 Å². The van der Waals surface area contributed by atoms with Gasteiger partial charge < -0.3 is 19.7 Å². The van der Waals surface area contributed by atoms with E-state index >= 15 is 0 Å². The van der Waals surface area contributed by atoms with Crippen LogP contribution in [0.3, 0.4) is 0 Å². The van der Waals surface area contributed by atoms with E-state index in [9.17, 15) is 9.59 Å². The van der Waals surface area contributed by atoms with E-state index < -0.39 is 0 Å². The van der Waals surface area contributed by atoms with Crippen molar-refractivity contribution in [1.82, 2.24) is 15.0 Å². The van der Waals surface area contributed by atoms with Gasteiger partial charge in [0.05, 0.1) is 0 Å². The largest absolute Gasteiger partial charge is 0.360 e. The van der Waals surface area contributed by atoms with Crippen LogP contribution in [-0.2, 0) is 6.54 Å². The molecule has 0 radical (unpaired) electrons. The van der Waals surface area contributed by atoms with Gasteiger partial charge in [-0.3, -0.25) is 9.59 Å². The Morgan fingerprint density at radius 3 is 2.96 bits per heavy atom. The third-order valence-corrected chi connectivity index (χ3v) is 4.10. The molecule has 1 unspecified atom stereocenters. The molecule has 2 N–H and O–H groups in total. The number of amides is 2. The molecule has 3 heterocycles. The van der Waals surface area contributed by atoms with Crippen molar-refractivity contribution in [2.45, 2.75) is 26.4 Å². The zero-order valence-electron chi connectivity index (χ0n) is 13.3. The smallest absolute Gasteiger partial charge is 0.268 e. The van der Waals surface area contributed by atoms with Crippen LogP contribution in [0, 0.1) is 6.92 Å². The van der Waals surface area contributed by atoms with Crippen molar-refractivity contribution in [3.63, 3.8) is 0 Å². The van der Waals surface area contributed by atoms with Crippen molar-refractivity contribution >= 4 is 28.5 Å². The lowest BCUT2D eigenvalue weighted by molar-refractivity contribution is 0.0907. The molecule has 1 aromatic carbocycles. The highest BCUT2D eigenvalue weighted by Gasteiger charge is 2.24. The Kier molecular flexibility index (Phi) is 3.16.